The fourth-order valence-electron chi connectivity index (χ4n) is 1.62. The average molecular weight is 282 g/mol. The zero-order valence-corrected chi connectivity index (χ0v) is 11.7. The van der Waals surface area contributed by atoms with Crippen molar-refractivity contribution in [3.8, 4) is 0 Å². The summed E-state index contributed by atoms with van der Waals surface area (Å²) in [5.74, 6) is 0.314. The van der Waals surface area contributed by atoms with Crippen molar-refractivity contribution in [2.75, 3.05) is 32.0 Å². The molecule has 6 nitrogen and oxygen atoms in total. The molecule has 0 spiro atoms. The summed E-state index contributed by atoms with van der Waals surface area (Å²) in [7, 11) is 2.02. The summed E-state index contributed by atoms with van der Waals surface area (Å²) in [5.41, 5.74) is 0.935. The SMILES string of the molecule is CCN(C)CCNc1nc2cc(Cl)ccc2[n+]([O-])n1. The second kappa shape index (κ2) is 5.99. The van der Waals surface area contributed by atoms with Crippen molar-refractivity contribution in [2.24, 2.45) is 0 Å². The van der Waals surface area contributed by atoms with E-state index in [4.69, 9.17) is 11.6 Å². The maximum absolute atomic E-state index is 11.7. The fraction of sp³-hybridized carbons (Fsp3) is 0.417. The van der Waals surface area contributed by atoms with Gasteiger partial charge in [0, 0.05) is 24.2 Å². The number of hydrogen-bond acceptors (Lipinski definition) is 5. The number of aromatic nitrogens is 3. The van der Waals surface area contributed by atoms with Crippen LogP contribution in [0.5, 0.6) is 0 Å². The van der Waals surface area contributed by atoms with E-state index >= 15 is 0 Å². The Hall–Kier alpha value is -1.66. The molecule has 0 unspecified atom stereocenters. The van der Waals surface area contributed by atoms with Crippen molar-refractivity contribution in [3.05, 3.63) is 28.4 Å². The van der Waals surface area contributed by atoms with Gasteiger partial charge in [-0.2, -0.15) is 0 Å². The Bertz CT molecular complexity index is 577. The van der Waals surface area contributed by atoms with Crippen molar-refractivity contribution in [1.29, 1.82) is 0 Å². The molecular formula is C12H16ClN5O. The zero-order valence-electron chi connectivity index (χ0n) is 10.9. The van der Waals surface area contributed by atoms with E-state index in [9.17, 15) is 5.21 Å². The normalized spacial score (nSPS) is 11.2. The fourth-order valence-corrected chi connectivity index (χ4v) is 1.78. The minimum absolute atomic E-state index is 0.314. The first-order valence-corrected chi connectivity index (χ1v) is 6.47. The van der Waals surface area contributed by atoms with Crippen molar-refractivity contribution in [3.63, 3.8) is 0 Å². The highest BCUT2D eigenvalue weighted by Gasteiger charge is 2.10. The Kier molecular flexibility index (Phi) is 4.34. The molecule has 0 fully saturated rings. The molecule has 7 heteroatoms. The van der Waals surface area contributed by atoms with Gasteiger partial charge in [-0.25, -0.2) is 4.98 Å². The van der Waals surface area contributed by atoms with Gasteiger partial charge in [0.15, 0.2) is 0 Å². The molecule has 2 rings (SSSR count). The highest BCUT2D eigenvalue weighted by molar-refractivity contribution is 6.31. The van der Waals surface area contributed by atoms with E-state index < -0.39 is 0 Å². The van der Waals surface area contributed by atoms with Crippen molar-refractivity contribution in [1.82, 2.24) is 15.0 Å². The van der Waals surface area contributed by atoms with Crippen LogP contribution in [0.1, 0.15) is 6.92 Å². The van der Waals surface area contributed by atoms with Crippen LogP contribution in [0.3, 0.4) is 0 Å². The van der Waals surface area contributed by atoms with E-state index in [0.717, 1.165) is 13.1 Å². The molecule has 0 bridgehead atoms. The Labute approximate surface area is 116 Å². The van der Waals surface area contributed by atoms with Crippen LogP contribution in [0.25, 0.3) is 11.0 Å². The first-order valence-electron chi connectivity index (χ1n) is 6.09. The maximum atomic E-state index is 11.7. The third-order valence-corrected chi connectivity index (χ3v) is 3.11. The van der Waals surface area contributed by atoms with E-state index in [1.165, 1.54) is 0 Å². The second-order valence-electron chi connectivity index (χ2n) is 4.26. The molecule has 102 valence electrons. The molecule has 0 aliphatic carbocycles. The molecule has 19 heavy (non-hydrogen) atoms. The number of fused-ring (bicyclic) bond motifs is 1. The number of anilines is 1. The summed E-state index contributed by atoms with van der Waals surface area (Å²) in [6, 6.07) is 4.90. The van der Waals surface area contributed by atoms with Crippen LogP contribution in [0, 0.1) is 5.21 Å². The van der Waals surface area contributed by atoms with Gasteiger partial charge in [0.05, 0.1) is 5.10 Å². The predicted molar refractivity (Wildman–Crippen MR) is 75.2 cm³/mol. The largest absolute Gasteiger partial charge is 0.594 e. The van der Waals surface area contributed by atoms with E-state index in [1.807, 2.05) is 7.05 Å². The molecule has 0 amide bonds. The minimum atomic E-state index is 0.314. The first kappa shape index (κ1) is 13.8. The standard InChI is InChI=1S/C12H16ClN5O/c1-3-17(2)7-6-14-12-15-10-8-9(13)4-5-11(10)18(19)16-12/h4-5,8H,3,6-7H2,1-2H3,(H,14,15,16). The summed E-state index contributed by atoms with van der Waals surface area (Å²) in [4.78, 5) is 6.98. The van der Waals surface area contributed by atoms with E-state index in [1.54, 1.807) is 18.2 Å². The van der Waals surface area contributed by atoms with E-state index in [2.05, 4.69) is 27.2 Å². The maximum Gasteiger partial charge on any atom is 0.290 e. The number of rotatable bonds is 5. The van der Waals surface area contributed by atoms with Crippen LogP contribution >= 0.6 is 11.6 Å². The predicted octanol–water partition coefficient (Wildman–Crippen LogP) is 1.28. The molecule has 0 aliphatic heterocycles. The quantitative estimate of drug-likeness (QED) is 0.660. The van der Waals surface area contributed by atoms with Gasteiger partial charge in [-0.3, -0.25) is 0 Å². The van der Waals surface area contributed by atoms with Crippen LogP contribution in [0.4, 0.5) is 5.95 Å². The lowest BCUT2D eigenvalue weighted by atomic mass is 10.3. The van der Waals surface area contributed by atoms with Gasteiger partial charge in [-0.1, -0.05) is 18.5 Å². The monoisotopic (exact) mass is 281 g/mol. The Morgan fingerprint density at radius 3 is 3.00 bits per heavy atom. The molecule has 0 radical (unpaired) electrons. The lowest BCUT2D eigenvalue weighted by molar-refractivity contribution is -0.641. The number of halogens is 1. The lowest BCUT2D eigenvalue weighted by Crippen LogP contribution is -2.34. The van der Waals surface area contributed by atoms with Crippen LogP contribution in [0.15, 0.2) is 18.2 Å². The van der Waals surface area contributed by atoms with Crippen LogP contribution < -0.4 is 10.2 Å². The summed E-state index contributed by atoms with van der Waals surface area (Å²) in [5, 5.41) is 19.1. The molecule has 1 aromatic heterocycles. The van der Waals surface area contributed by atoms with Gasteiger partial charge >= 0.3 is 0 Å². The summed E-state index contributed by atoms with van der Waals surface area (Å²) >= 11 is 5.89. The topological polar surface area (TPSA) is 68.0 Å². The van der Waals surface area contributed by atoms with Gasteiger partial charge in [0.1, 0.15) is 5.52 Å². The molecular weight excluding hydrogens is 266 g/mol. The second-order valence-corrected chi connectivity index (χ2v) is 4.70. The van der Waals surface area contributed by atoms with Gasteiger partial charge in [-0.05, 0) is 30.6 Å². The first-order chi connectivity index (χ1) is 9.10. The number of hydrogen-bond donors (Lipinski definition) is 1. The summed E-state index contributed by atoms with van der Waals surface area (Å²) < 4.78 is 0. The zero-order chi connectivity index (χ0) is 13.8. The molecule has 0 saturated heterocycles. The smallest absolute Gasteiger partial charge is 0.290 e. The minimum Gasteiger partial charge on any atom is -0.594 e. The molecule has 1 N–H and O–H groups in total. The molecule has 1 aromatic carbocycles. The number of nitrogens with zero attached hydrogens (tertiary/aromatic N) is 4. The summed E-state index contributed by atoms with van der Waals surface area (Å²) in [6.07, 6.45) is 0. The van der Waals surface area contributed by atoms with Crippen molar-refractivity contribution < 1.29 is 4.85 Å². The van der Waals surface area contributed by atoms with Gasteiger partial charge < -0.3 is 15.4 Å². The third kappa shape index (κ3) is 3.42. The Morgan fingerprint density at radius 2 is 2.26 bits per heavy atom. The number of nitrogens with one attached hydrogen (secondary N) is 1. The Morgan fingerprint density at radius 1 is 1.47 bits per heavy atom. The van der Waals surface area contributed by atoms with Crippen LogP contribution in [-0.4, -0.2) is 41.7 Å². The average Bonchev–Trinajstić information content (AvgIpc) is 2.38. The third-order valence-electron chi connectivity index (χ3n) is 2.87. The highest BCUT2D eigenvalue weighted by Crippen LogP contribution is 2.15. The van der Waals surface area contributed by atoms with Gasteiger partial charge in [0.25, 0.3) is 11.5 Å². The van der Waals surface area contributed by atoms with Crippen molar-refractivity contribution in [2.45, 2.75) is 6.92 Å². The van der Waals surface area contributed by atoms with E-state index in [0.29, 0.717) is 33.4 Å². The van der Waals surface area contributed by atoms with Crippen molar-refractivity contribution >= 4 is 28.6 Å². The van der Waals surface area contributed by atoms with Gasteiger partial charge in [0.2, 0.25) is 0 Å². The number of likely N-dealkylation sites (N-methyl/N-ethyl adjacent to an activating group) is 1. The molecule has 2 aromatic rings. The van der Waals surface area contributed by atoms with E-state index in [-0.39, 0.29) is 0 Å². The molecule has 0 atom stereocenters. The molecule has 0 aliphatic rings. The van der Waals surface area contributed by atoms with Crippen LogP contribution in [-0.2, 0) is 0 Å². The lowest BCUT2D eigenvalue weighted by Gasteiger charge is -2.13. The molecule has 0 saturated carbocycles. The summed E-state index contributed by atoms with van der Waals surface area (Å²) in [6.45, 7) is 4.58. The van der Waals surface area contributed by atoms with Crippen LogP contribution in [0.2, 0.25) is 5.02 Å². The highest BCUT2D eigenvalue weighted by atomic mass is 35.5. The van der Waals surface area contributed by atoms with Gasteiger partial charge in [-0.15, -0.1) is 0 Å². The number of benzene rings is 1. The Balaban J connectivity index is 2.16. The molecule has 1 heterocycles.